The minimum atomic E-state index is -0.535. The highest BCUT2D eigenvalue weighted by atomic mass is 16.3. The molecule has 3 saturated carbocycles. The van der Waals surface area contributed by atoms with Gasteiger partial charge in [-0.05, 0) is 95.3 Å². The average Bonchev–Trinajstić information content (AvgIpc) is 3.02. The van der Waals surface area contributed by atoms with Gasteiger partial charge in [-0.1, -0.05) is 43.1 Å². The normalized spacial score (nSPS) is 36.4. The zero-order valence-corrected chi connectivity index (χ0v) is 18.2. The van der Waals surface area contributed by atoms with E-state index in [1.807, 2.05) is 13.8 Å². The molecule has 3 rings (SSSR count). The number of fused-ring (bicyclic) bond motifs is 1. The van der Waals surface area contributed by atoms with Gasteiger partial charge in [-0.3, -0.25) is 0 Å². The van der Waals surface area contributed by atoms with Crippen LogP contribution in [-0.4, -0.2) is 33.1 Å². The van der Waals surface area contributed by atoms with Crippen LogP contribution in [0.1, 0.15) is 91.4 Å². The predicted octanol–water partition coefficient (Wildman–Crippen LogP) is 5.15. The average molecular weight is 391 g/mol. The van der Waals surface area contributed by atoms with E-state index in [2.05, 4.69) is 19.1 Å². The fraction of sp³-hybridized carbons (Fsp3) is 0.840. The fourth-order valence-electron chi connectivity index (χ4n) is 6.22. The van der Waals surface area contributed by atoms with Gasteiger partial charge in [-0.15, -0.1) is 0 Å². The van der Waals surface area contributed by atoms with Crippen LogP contribution in [0.2, 0.25) is 0 Å². The van der Waals surface area contributed by atoms with Crippen LogP contribution in [0.15, 0.2) is 23.3 Å². The number of rotatable bonds is 6. The van der Waals surface area contributed by atoms with Gasteiger partial charge in [0.2, 0.25) is 0 Å². The standard InChI is InChI=1S/C25H42O3/c1-17(6-5-13-25(2,3)28)22-11-12-23-19(7-4-8-24(22)23)10-9-18-14-20(26)16-21(27)15-18/h9-10,17,20-24,26-28H,4-8,11-16H2,1-3H3/b19-10+/t17-,20-,21-,22?,23+,24-/m1/s1. The predicted molar refractivity (Wildman–Crippen MR) is 115 cm³/mol. The Morgan fingerprint density at radius 2 is 1.79 bits per heavy atom. The van der Waals surface area contributed by atoms with Gasteiger partial charge in [0.15, 0.2) is 0 Å². The van der Waals surface area contributed by atoms with Gasteiger partial charge in [0.1, 0.15) is 0 Å². The Labute approximate surface area is 171 Å². The molecule has 1 unspecified atom stereocenters. The van der Waals surface area contributed by atoms with Gasteiger partial charge in [0.05, 0.1) is 17.8 Å². The lowest BCUT2D eigenvalue weighted by Gasteiger charge is -2.34. The summed E-state index contributed by atoms with van der Waals surface area (Å²) in [6, 6.07) is 0. The maximum absolute atomic E-state index is 9.97. The molecule has 3 fully saturated rings. The van der Waals surface area contributed by atoms with E-state index in [0.717, 1.165) is 49.4 Å². The summed E-state index contributed by atoms with van der Waals surface area (Å²) in [7, 11) is 0. The van der Waals surface area contributed by atoms with Crippen molar-refractivity contribution < 1.29 is 15.3 Å². The molecule has 3 N–H and O–H groups in total. The Morgan fingerprint density at radius 3 is 2.46 bits per heavy atom. The first-order chi connectivity index (χ1) is 13.2. The third-order valence-corrected chi connectivity index (χ3v) is 7.61. The Balaban J connectivity index is 1.59. The molecule has 0 bridgehead atoms. The van der Waals surface area contributed by atoms with E-state index < -0.39 is 5.60 Å². The van der Waals surface area contributed by atoms with E-state index in [0.29, 0.717) is 6.42 Å². The van der Waals surface area contributed by atoms with Crippen LogP contribution in [0, 0.1) is 23.7 Å². The molecular weight excluding hydrogens is 348 g/mol. The van der Waals surface area contributed by atoms with Gasteiger partial charge < -0.3 is 15.3 Å². The number of hydrogen-bond acceptors (Lipinski definition) is 3. The van der Waals surface area contributed by atoms with Crippen LogP contribution in [-0.2, 0) is 0 Å². The monoisotopic (exact) mass is 390 g/mol. The molecule has 3 aliphatic carbocycles. The SMILES string of the molecule is C[C@H](CCCC(C)(C)O)C1CC[C@H]2/C(=C/C=C3C[C@@H](O)C[C@H](O)C3)CCC[C@H]12. The molecule has 0 heterocycles. The minimum Gasteiger partial charge on any atom is -0.393 e. The number of hydrogen-bond donors (Lipinski definition) is 3. The number of aliphatic hydroxyl groups excluding tert-OH is 2. The molecule has 160 valence electrons. The van der Waals surface area contributed by atoms with Crippen LogP contribution in [0.5, 0.6) is 0 Å². The lowest BCUT2D eigenvalue weighted by molar-refractivity contribution is 0.0608. The van der Waals surface area contributed by atoms with Crippen LogP contribution in [0.4, 0.5) is 0 Å². The smallest absolute Gasteiger partial charge is 0.0602 e. The first kappa shape index (κ1) is 22.1. The van der Waals surface area contributed by atoms with E-state index >= 15 is 0 Å². The largest absolute Gasteiger partial charge is 0.393 e. The summed E-state index contributed by atoms with van der Waals surface area (Å²) < 4.78 is 0. The second-order valence-electron chi connectivity index (χ2n) is 10.6. The van der Waals surface area contributed by atoms with Crippen molar-refractivity contribution in [3.8, 4) is 0 Å². The van der Waals surface area contributed by atoms with Crippen molar-refractivity contribution in [3.05, 3.63) is 23.3 Å². The van der Waals surface area contributed by atoms with Crippen molar-refractivity contribution in [2.45, 2.75) is 109 Å². The zero-order chi connectivity index (χ0) is 20.3. The molecule has 6 atom stereocenters. The summed E-state index contributed by atoms with van der Waals surface area (Å²) in [5, 5.41) is 29.8. The Hall–Kier alpha value is -0.640. The Kier molecular flexibility index (Phi) is 7.44. The summed E-state index contributed by atoms with van der Waals surface area (Å²) >= 11 is 0. The summed E-state index contributed by atoms with van der Waals surface area (Å²) in [5.74, 6) is 3.16. The van der Waals surface area contributed by atoms with Crippen molar-refractivity contribution in [1.29, 1.82) is 0 Å². The van der Waals surface area contributed by atoms with Crippen molar-refractivity contribution in [2.24, 2.45) is 23.7 Å². The lowest BCUT2D eigenvalue weighted by Crippen LogP contribution is -2.26. The van der Waals surface area contributed by atoms with E-state index in [4.69, 9.17) is 0 Å². The fourth-order valence-corrected chi connectivity index (χ4v) is 6.22. The second kappa shape index (κ2) is 9.45. The highest BCUT2D eigenvalue weighted by Gasteiger charge is 2.41. The van der Waals surface area contributed by atoms with Crippen molar-refractivity contribution in [3.63, 3.8) is 0 Å². The maximum atomic E-state index is 9.97. The van der Waals surface area contributed by atoms with E-state index in [-0.39, 0.29) is 12.2 Å². The Morgan fingerprint density at radius 1 is 1.07 bits per heavy atom. The summed E-state index contributed by atoms with van der Waals surface area (Å²) in [6.45, 7) is 6.27. The molecule has 28 heavy (non-hydrogen) atoms. The third kappa shape index (κ3) is 5.93. The molecular formula is C25H42O3. The first-order valence-electron chi connectivity index (χ1n) is 11.7. The third-order valence-electron chi connectivity index (χ3n) is 7.61. The second-order valence-corrected chi connectivity index (χ2v) is 10.6. The highest BCUT2D eigenvalue weighted by molar-refractivity contribution is 5.24. The minimum absolute atomic E-state index is 0.381. The quantitative estimate of drug-likeness (QED) is 0.588. The van der Waals surface area contributed by atoms with E-state index in [1.165, 1.54) is 44.1 Å². The zero-order valence-electron chi connectivity index (χ0n) is 18.2. The molecule has 0 aromatic rings. The highest BCUT2D eigenvalue weighted by Crippen LogP contribution is 2.51. The van der Waals surface area contributed by atoms with Gasteiger partial charge in [0, 0.05) is 0 Å². The van der Waals surface area contributed by atoms with Crippen LogP contribution >= 0.6 is 0 Å². The first-order valence-corrected chi connectivity index (χ1v) is 11.7. The van der Waals surface area contributed by atoms with Crippen molar-refractivity contribution >= 4 is 0 Å². The van der Waals surface area contributed by atoms with E-state index in [9.17, 15) is 15.3 Å². The molecule has 3 nitrogen and oxygen atoms in total. The molecule has 0 aromatic carbocycles. The van der Waals surface area contributed by atoms with Crippen LogP contribution < -0.4 is 0 Å². The van der Waals surface area contributed by atoms with Crippen LogP contribution in [0.3, 0.4) is 0 Å². The molecule has 0 aromatic heterocycles. The summed E-state index contributed by atoms with van der Waals surface area (Å²) in [5.41, 5.74) is 2.28. The molecule has 0 spiro atoms. The number of aliphatic hydroxyl groups is 3. The molecule has 3 heteroatoms. The van der Waals surface area contributed by atoms with Gasteiger partial charge >= 0.3 is 0 Å². The Bertz CT molecular complexity index is 559. The topological polar surface area (TPSA) is 60.7 Å². The summed E-state index contributed by atoms with van der Waals surface area (Å²) in [4.78, 5) is 0. The molecule has 0 radical (unpaired) electrons. The van der Waals surface area contributed by atoms with Gasteiger partial charge in [-0.25, -0.2) is 0 Å². The molecule has 0 saturated heterocycles. The van der Waals surface area contributed by atoms with Crippen LogP contribution in [0.25, 0.3) is 0 Å². The van der Waals surface area contributed by atoms with E-state index in [1.54, 1.807) is 5.57 Å². The molecule has 3 aliphatic rings. The molecule has 0 aliphatic heterocycles. The van der Waals surface area contributed by atoms with Gasteiger partial charge in [-0.2, -0.15) is 0 Å². The molecule has 0 amide bonds. The summed E-state index contributed by atoms with van der Waals surface area (Å²) in [6.07, 6.45) is 15.6. The maximum Gasteiger partial charge on any atom is 0.0602 e. The lowest BCUT2D eigenvalue weighted by atomic mass is 9.71. The van der Waals surface area contributed by atoms with Crippen molar-refractivity contribution in [2.75, 3.05) is 0 Å². The van der Waals surface area contributed by atoms with Gasteiger partial charge in [0.25, 0.3) is 0 Å². The van der Waals surface area contributed by atoms with Crippen molar-refractivity contribution in [1.82, 2.24) is 0 Å². The number of allylic oxidation sites excluding steroid dienone is 3.